The molecule has 1 atom stereocenters. The highest BCUT2D eigenvalue weighted by molar-refractivity contribution is 5.67. The van der Waals surface area contributed by atoms with Gasteiger partial charge in [0.2, 0.25) is 0 Å². The number of benzene rings is 2. The van der Waals surface area contributed by atoms with Gasteiger partial charge >= 0.3 is 0 Å². The van der Waals surface area contributed by atoms with Gasteiger partial charge in [0.15, 0.2) is 0 Å². The van der Waals surface area contributed by atoms with Gasteiger partial charge < -0.3 is 4.74 Å². The van der Waals surface area contributed by atoms with Gasteiger partial charge in [0.25, 0.3) is 0 Å². The van der Waals surface area contributed by atoms with E-state index in [1.165, 1.54) is 11.1 Å². The number of ether oxygens (including phenoxy) is 1. The minimum atomic E-state index is 0.326. The van der Waals surface area contributed by atoms with Gasteiger partial charge in [-0.15, -0.1) is 0 Å². The summed E-state index contributed by atoms with van der Waals surface area (Å²) in [6.45, 7) is 12.1. The Kier molecular flexibility index (Phi) is 6.21. The van der Waals surface area contributed by atoms with Crippen LogP contribution >= 0.6 is 0 Å². The van der Waals surface area contributed by atoms with Gasteiger partial charge in [0.1, 0.15) is 0 Å². The normalized spacial score (nSPS) is 16.9. The van der Waals surface area contributed by atoms with Gasteiger partial charge in [-0.25, -0.2) is 0 Å². The monoisotopic (exact) mass is 333 g/mol. The smallest absolute Gasteiger partial charge is 0.0703 e. The lowest BCUT2D eigenvalue weighted by atomic mass is 10.0. The zero-order valence-corrected chi connectivity index (χ0v) is 14.9. The van der Waals surface area contributed by atoms with E-state index in [2.05, 4.69) is 66.6 Å². The number of nitrogens with zero attached hydrogens (tertiary/aromatic N) is 1. The first-order valence-electron chi connectivity index (χ1n) is 9.03. The van der Waals surface area contributed by atoms with Crippen molar-refractivity contribution in [3.8, 4) is 0 Å². The van der Waals surface area contributed by atoms with E-state index in [1.54, 1.807) is 0 Å². The Morgan fingerprint density at radius 3 is 1.84 bits per heavy atom. The van der Waals surface area contributed by atoms with Crippen molar-refractivity contribution in [1.29, 1.82) is 0 Å². The van der Waals surface area contributed by atoms with E-state index in [0.717, 1.165) is 50.2 Å². The molecule has 2 heteroatoms. The Balaban J connectivity index is 1.68. The lowest BCUT2D eigenvalue weighted by Gasteiger charge is -2.27. The van der Waals surface area contributed by atoms with Crippen molar-refractivity contribution in [2.75, 3.05) is 26.2 Å². The average molecular weight is 333 g/mol. The lowest BCUT2D eigenvalue weighted by Crippen LogP contribution is -2.34. The van der Waals surface area contributed by atoms with E-state index in [4.69, 9.17) is 4.74 Å². The molecule has 0 amide bonds. The van der Waals surface area contributed by atoms with Crippen molar-refractivity contribution in [2.24, 2.45) is 0 Å². The van der Waals surface area contributed by atoms with Crippen LogP contribution in [0.1, 0.15) is 24.0 Å². The highest BCUT2D eigenvalue weighted by Crippen LogP contribution is 2.20. The Labute approximate surface area is 151 Å². The first kappa shape index (κ1) is 17.7. The molecule has 0 aliphatic carbocycles. The summed E-state index contributed by atoms with van der Waals surface area (Å²) in [6.07, 6.45) is 2.64. The van der Waals surface area contributed by atoms with Crippen LogP contribution in [0.2, 0.25) is 0 Å². The van der Waals surface area contributed by atoms with Crippen molar-refractivity contribution in [3.63, 3.8) is 0 Å². The molecule has 1 fully saturated rings. The van der Waals surface area contributed by atoms with E-state index < -0.39 is 0 Å². The second kappa shape index (κ2) is 8.80. The van der Waals surface area contributed by atoms with Crippen LogP contribution in [0.5, 0.6) is 0 Å². The van der Waals surface area contributed by atoms with Crippen LogP contribution in [-0.2, 0) is 4.74 Å². The van der Waals surface area contributed by atoms with Crippen molar-refractivity contribution < 1.29 is 4.74 Å². The largest absolute Gasteiger partial charge is 0.377 e. The maximum Gasteiger partial charge on any atom is 0.0703 e. The molecular formula is C23H27NO. The maximum atomic E-state index is 5.86. The predicted octanol–water partition coefficient (Wildman–Crippen LogP) is 4.89. The molecule has 0 N–H and O–H groups in total. The predicted molar refractivity (Wildman–Crippen MR) is 106 cm³/mol. The average Bonchev–Trinajstić information content (AvgIpc) is 3.16. The van der Waals surface area contributed by atoms with Crippen LogP contribution in [0.25, 0.3) is 11.1 Å². The Morgan fingerprint density at radius 1 is 0.880 bits per heavy atom. The summed E-state index contributed by atoms with van der Waals surface area (Å²) >= 11 is 0. The van der Waals surface area contributed by atoms with Crippen molar-refractivity contribution in [2.45, 2.75) is 18.9 Å². The number of rotatable bonds is 8. The third kappa shape index (κ3) is 5.15. The summed E-state index contributed by atoms with van der Waals surface area (Å²) in [5.74, 6) is 0. The van der Waals surface area contributed by atoms with E-state index in [1.807, 2.05) is 12.1 Å². The molecule has 0 aromatic heterocycles. The van der Waals surface area contributed by atoms with E-state index in [9.17, 15) is 0 Å². The SMILES string of the molecule is C=C(CN(CC(=C)c1ccccc1)CC1CCCO1)c1ccccc1. The second-order valence-electron chi connectivity index (χ2n) is 6.74. The van der Waals surface area contributed by atoms with Crippen molar-refractivity contribution >= 4 is 11.1 Å². The van der Waals surface area contributed by atoms with E-state index in [0.29, 0.717) is 6.10 Å². The van der Waals surface area contributed by atoms with Crippen molar-refractivity contribution in [3.05, 3.63) is 84.9 Å². The highest BCUT2D eigenvalue weighted by atomic mass is 16.5. The quantitative estimate of drug-likeness (QED) is 0.682. The molecule has 2 aromatic carbocycles. The summed E-state index contributed by atoms with van der Waals surface area (Å²) in [5.41, 5.74) is 4.68. The van der Waals surface area contributed by atoms with Crippen LogP contribution in [0, 0.1) is 0 Å². The highest BCUT2D eigenvalue weighted by Gasteiger charge is 2.20. The summed E-state index contributed by atoms with van der Waals surface area (Å²) in [7, 11) is 0. The molecule has 25 heavy (non-hydrogen) atoms. The molecule has 1 unspecified atom stereocenters. The standard InChI is InChI=1S/C23H27NO/c1-19(21-10-5-3-6-11-21)16-24(18-23-14-9-15-25-23)17-20(2)22-12-7-4-8-13-22/h3-8,10-13,23H,1-2,9,14-18H2. The first-order valence-corrected chi connectivity index (χ1v) is 9.03. The molecule has 0 bridgehead atoms. The molecule has 2 aromatic rings. The lowest BCUT2D eigenvalue weighted by molar-refractivity contribution is 0.0815. The molecule has 2 nitrogen and oxygen atoms in total. The molecular weight excluding hydrogens is 306 g/mol. The van der Waals surface area contributed by atoms with Gasteiger partial charge in [-0.1, -0.05) is 73.8 Å². The van der Waals surface area contributed by atoms with Gasteiger partial charge in [0.05, 0.1) is 6.10 Å². The molecule has 3 rings (SSSR count). The fraction of sp³-hybridized carbons (Fsp3) is 0.304. The van der Waals surface area contributed by atoms with Crippen LogP contribution in [0.15, 0.2) is 73.8 Å². The summed E-state index contributed by atoms with van der Waals surface area (Å²) in [6, 6.07) is 20.8. The van der Waals surface area contributed by atoms with Gasteiger partial charge in [-0.05, 0) is 35.1 Å². The molecule has 0 saturated carbocycles. The Bertz CT molecular complexity index is 633. The fourth-order valence-electron chi connectivity index (χ4n) is 3.33. The molecule has 1 saturated heterocycles. The van der Waals surface area contributed by atoms with Gasteiger partial charge in [-0.2, -0.15) is 0 Å². The summed E-state index contributed by atoms with van der Waals surface area (Å²) in [4.78, 5) is 2.42. The molecule has 1 heterocycles. The topological polar surface area (TPSA) is 12.5 Å². The Hall–Kier alpha value is -2.16. The third-order valence-electron chi connectivity index (χ3n) is 4.68. The van der Waals surface area contributed by atoms with Gasteiger partial charge in [0, 0.05) is 26.2 Å². The third-order valence-corrected chi connectivity index (χ3v) is 4.68. The molecule has 0 spiro atoms. The van der Waals surface area contributed by atoms with Crippen LogP contribution < -0.4 is 0 Å². The first-order chi connectivity index (χ1) is 12.2. The zero-order valence-electron chi connectivity index (χ0n) is 14.9. The fourth-order valence-corrected chi connectivity index (χ4v) is 3.33. The van der Waals surface area contributed by atoms with E-state index in [-0.39, 0.29) is 0 Å². The Morgan fingerprint density at radius 2 is 1.40 bits per heavy atom. The van der Waals surface area contributed by atoms with E-state index >= 15 is 0 Å². The van der Waals surface area contributed by atoms with Crippen LogP contribution in [0.4, 0.5) is 0 Å². The molecule has 0 radical (unpaired) electrons. The van der Waals surface area contributed by atoms with Crippen LogP contribution in [-0.4, -0.2) is 37.2 Å². The minimum Gasteiger partial charge on any atom is -0.377 e. The minimum absolute atomic E-state index is 0.326. The summed E-state index contributed by atoms with van der Waals surface area (Å²) in [5, 5.41) is 0. The second-order valence-corrected chi connectivity index (χ2v) is 6.74. The number of hydrogen-bond acceptors (Lipinski definition) is 2. The molecule has 1 aliphatic rings. The van der Waals surface area contributed by atoms with Crippen molar-refractivity contribution in [1.82, 2.24) is 4.90 Å². The summed E-state index contributed by atoms with van der Waals surface area (Å²) < 4.78 is 5.86. The molecule has 1 aliphatic heterocycles. The van der Waals surface area contributed by atoms with Crippen LogP contribution in [0.3, 0.4) is 0 Å². The van der Waals surface area contributed by atoms with Gasteiger partial charge in [-0.3, -0.25) is 4.90 Å². The maximum absolute atomic E-state index is 5.86. The number of hydrogen-bond donors (Lipinski definition) is 0. The molecule has 130 valence electrons. The zero-order chi connectivity index (χ0) is 17.5.